The molecule has 4 aliphatic carbocycles. The molecule has 7 atom stereocenters. The molecule has 0 unspecified atom stereocenters. The molecule has 0 aromatic rings. The molecule has 29 heavy (non-hydrogen) atoms. The number of ketones is 2. The van der Waals surface area contributed by atoms with Crippen molar-refractivity contribution >= 4 is 17.5 Å². The highest BCUT2D eigenvalue weighted by atomic mass is 16.6. The van der Waals surface area contributed by atoms with Crippen LogP contribution in [0.15, 0.2) is 23.3 Å². The number of Topliss-reactive ketones (excluding diaryl/α,β-unsaturated/α-hetero) is 1. The molecular weight excluding hydrogens is 364 g/mol. The van der Waals surface area contributed by atoms with E-state index in [0.29, 0.717) is 24.2 Å². The van der Waals surface area contributed by atoms with E-state index in [-0.39, 0.29) is 34.3 Å². The second-order valence-electron chi connectivity index (χ2n) is 10.6. The minimum atomic E-state index is -0.997. The minimum Gasteiger partial charge on any atom is -0.451 e. The maximum atomic E-state index is 12.8. The van der Waals surface area contributed by atoms with E-state index in [0.717, 1.165) is 25.7 Å². The molecule has 158 valence electrons. The van der Waals surface area contributed by atoms with E-state index in [9.17, 15) is 14.4 Å². The Morgan fingerprint density at radius 3 is 2.38 bits per heavy atom. The first-order chi connectivity index (χ1) is 13.5. The number of esters is 1. The third-order valence-corrected chi connectivity index (χ3v) is 9.14. The third-order valence-electron chi connectivity index (χ3n) is 9.14. The molecule has 4 nitrogen and oxygen atoms in total. The summed E-state index contributed by atoms with van der Waals surface area (Å²) in [6.45, 7) is 11.7. The SMILES string of the molecule is CC(=O)O[C@]1(C(C)=O)CC[C@H]2[C@@H]3C=C(C)C4=CC(=O)[C@@H](C)C[C@]4(C)[C@H]3CC[C@@]21C. The number of carbonyl (C=O) groups is 3. The lowest BCUT2D eigenvalue weighted by molar-refractivity contribution is -0.185. The van der Waals surface area contributed by atoms with Crippen LogP contribution in [0.4, 0.5) is 0 Å². The fourth-order valence-corrected chi connectivity index (χ4v) is 7.82. The van der Waals surface area contributed by atoms with Crippen LogP contribution < -0.4 is 0 Å². The molecule has 0 bridgehead atoms. The van der Waals surface area contributed by atoms with Crippen LogP contribution in [0.25, 0.3) is 0 Å². The molecule has 0 saturated heterocycles. The predicted octanol–water partition coefficient (Wildman–Crippen LogP) is 4.82. The van der Waals surface area contributed by atoms with Gasteiger partial charge in [-0.3, -0.25) is 14.4 Å². The average molecular weight is 399 g/mol. The zero-order valence-corrected chi connectivity index (χ0v) is 18.6. The quantitative estimate of drug-likeness (QED) is 0.626. The lowest BCUT2D eigenvalue weighted by atomic mass is 9.46. The average Bonchev–Trinajstić information content (AvgIpc) is 2.91. The number of rotatable bonds is 2. The zero-order valence-electron chi connectivity index (χ0n) is 18.6. The van der Waals surface area contributed by atoms with Gasteiger partial charge >= 0.3 is 5.97 Å². The summed E-state index contributed by atoms with van der Waals surface area (Å²) in [5.74, 6) is 1.05. The summed E-state index contributed by atoms with van der Waals surface area (Å²) in [6.07, 6.45) is 8.56. The van der Waals surface area contributed by atoms with E-state index < -0.39 is 5.60 Å². The smallest absolute Gasteiger partial charge is 0.303 e. The van der Waals surface area contributed by atoms with E-state index in [4.69, 9.17) is 4.74 Å². The Hall–Kier alpha value is -1.71. The molecule has 0 N–H and O–H groups in total. The van der Waals surface area contributed by atoms with Crippen LogP contribution in [-0.2, 0) is 19.1 Å². The van der Waals surface area contributed by atoms with Crippen molar-refractivity contribution in [3.8, 4) is 0 Å². The van der Waals surface area contributed by atoms with Gasteiger partial charge in [0.05, 0.1) is 0 Å². The van der Waals surface area contributed by atoms with Gasteiger partial charge in [0, 0.05) is 18.3 Å². The van der Waals surface area contributed by atoms with Crippen LogP contribution in [0, 0.1) is 34.5 Å². The molecule has 4 aliphatic rings. The molecular formula is C25H34O4. The van der Waals surface area contributed by atoms with E-state index in [2.05, 4.69) is 26.8 Å². The van der Waals surface area contributed by atoms with Crippen LogP contribution in [0.1, 0.15) is 73.6 Å². The maximum Gasteiger partial charge on any atom is 0.303 e. The Morgan fingerprint density at radius 1 is 1.10 bits per heavy atom. The molecule has 0 spiro atoms. The fraction of sp³-hybridized carbons (Fsp3) is 0.720. The van der Waals surface area contributed by atoms with E-state index >= 15 is 0 Å². The van der Waals surface area contributed by atoms with E-state index in [1.54, 1.807) is 6.92 Å². The first-order valence-corrected chi connectivity index (χ1v) is 11.1. The van der Waals surface area contributed by atoms with Gasteiger partial charge in [-0.25, -0.2) is 0 Å². The largest absolute Gasteiger partial charge is 0.451 e. The summed E-state index contributed by atoms with van der Waals surface area (Å²) in [6, 6.07) is 0. The number of ether oxygens (including phenoxy) is 1. The number of hydrogen-bond donors (Lipinski definition) is 0. The third kappa shape index (κ3) is 2.60. The van der Waals surface area contributed by atoms with Crippen molar-refractivity contribution in [1.29, 1.82) is 0 Å². The Labute approximate surface area is 174 Å². The van der Waals surface area contributed by atoms with Crippen molar-refractivity contribution < 1.29 is 19.1 Å². The molecule has 2 saturated carbocycles. The normalized spacial score (nSPS) is 46.1. The topological polar surface area (TPSA) is 60.4 Å². The Morgan fingerprint density at radius 2 is 1.76 bits per heavy atom. The van der Waals surface area contributed by atoms with Gasteiger partial charge in [0.15, 0.2) is 17.2 Å². The van der Waals surface area contributed by atoms with Gasteiger partial charge in [0.2, 0.25) is 0 Å². The maximum absolute atomic E-state index is 12.8. The molecule has 0 amide bonds. The Bertz CT molecular complexity index is 851. The van der Waals surface area contributed by atoms with Crippen LogP contribution in [-0.4, -0.2) is 23.1 Å². The van der Waals surface area contributed by atoms with Crippen molar-refractivity contribution in [2.75, 3.05) is 0 Å². The lowest BCUT2D eigenvalue weighted by Crippen LogP contribution is -2.58. The first-order valence-electron chi connectivity index (χ1n) is 11.1. The van der Waals surface area contributed by atoms with Gasteiger partial charge in [-0.2, -0.15) is 0 Å². The van der Waals surface area contributed by atoms with Gasteiger partial charge in [0.1, 0.15) is 0 Å². The summed E-state index contributed by atoms with van der Waals surface area (Å²) in [7, 11) is 0. The van der Waals surface area contributed by atoms with Crippen molar-refractivity contribution in [3.05, 3.63) is 23.3 Å². The molecule has 0 radical (unpaired) electrons. The molecule has 2 fully saturated rings. The van der Waals surface area contributed by atoms with Gasteiger partial charge in [-0.1, -0.05) is 32.4 Å². The zero-order chi connectivity index (χ0) is 21.4. The summed E-state index contributed by atoms with van der Waals surface area (Å²) in [4.78, 5) is 37.2. The molecule has 0 aliphatic heterocycles. The van der Waals surface area contributed by atoms with Crippen molar-refractivity contribution in [2.45, 2.75) is 79.2 Å². The highest BCUT2D eigenvalue weighted by Crippen LogP contribution is 2.68. The second kappa shape index (κ2) is 6.39. The summed E-state index contributed by atoms with van der Waals surface area (Å²) in [5.41, 5.74) is 1.10. The molecule has 4 heteroatoms. The minimum absolute atomic E-state index is 0.00105. The Balaban J connectivity index is 1.79. The van der Waals surface area contributed by atoms with Gasteiger partial charge in [-0.05, 0) is 80.8 Å². The predicted molar refractivity (Wildman–Crippen MR) is 111 cm³/mol. The van der Waals surface area contributed by atoms with Gasteiger partial charge in [-0.15, -0.1) is 0 Å². The number of carbonyl (C=O) groups excluding carboxylic acids is 3. The first kappa shape index (κ1) is 20.6. The van der Waals surface area contributed by atoms with E-state index in [1.807, 2.05) is 13.0 Å². The molecule has 0 aromatic carbocycles. The van der Waals surface area contributed by atoms with Crippen LogP contribution in [0.3, 0.4) is 0 Å². The van der Waals surface area contributed by atoms with Crippen LogP contribution in [0.2, 0.25) is 0 Å². The highest BCUT2D eigenvalue weighted by Gasteiger charge is 2.67. The van der Waals surface area contributed by atoms with Crippen LogP contribution in [0.5, 0.6) is 0 Å². The van der Waals surface area contributed by atoms with Crippen molar-refractivity contribution in [1.82, 2.24) is 0 Å². The lowest BCUT2D eigenvalue weighted by Gasteiger charge is -2.58. The molecule has 4 rings (SSSR count). The van der Waals surface area contributed by atoms with Crippen LogP contribution >= 0.6 is 0 Å². The monoisotopic (exact) mass is 398 g/mol. The van der Waals surface area contributed by atoms with Gasteiger partial charge in [0.25, 0.3) is 0 Å². The van der Waals surface area contributed by atoms with Crippen molar-refractivity contribution in [2.24, 2.45) is 34.5 Å². The fourth-order valence-electron chi connectivity index (χ4n) is 7.82. The summed E-state index contributed by atoms with van der Waals surface area (Å²) < 4.78 is 5.84. The summed E-state index contributed by atoms with van der Waals surface area (Å²) in [5, 5.41) is 0. The van der Waals surface area contributed by atoms with Crippen molar-refractivity contribution in [3.63, 3.8) is 0 Å². The number of fused-ring (bicyclic) bond motifs is 5. The Kier molecular flexibility index (Phi) is 4.53. The second-order valence-corrected chi connectivity index (χ2v) is 10.6. The number of hydrogen-bond acceptors (Lipinski definition) is 4. The number of allylic oxidation sites excluding steroid dienone is 4. The van der Waals surface area contributed by atoms with Gasteiger partial charge < -0.3 is 4.74 Å². The molecule has 0 heterocycles. The summed E-state index contributed by atoms with van der Waals surface area (Å²) >= 11 is 0. The standard InChI is InChI=1S/C25H34O4/c1-14-11-18-19(23(5)13-15(2)22(28)12-21(14)23)7-9-24(6)20(18)8-10-25(24,16(3)26)29-17(4)27/h11-12,15,18-20H,7-10,13H2,1-6H3/t15-,18+,19-,20-,23+,24-,25-/m0/s1. The highest BCUT2D eigenvalue weighted by molar-refractivity contribution is 5.94. The van der Waals surface area contributed by atoms with E-state index in [1.165, 1.54) is 18.1 Å². The molecule has 0 aromatic heterocycles.